The lowest BCUT2D eigenvalue weighted by molar-refractivity contribution is -0.153. The van der Waals surface area contributed by atoms with Crippen molar-refractivity contribution >= 4 is 23.2 Å². The Morgan fingerprint density at radius 1 is 1.08 bits per heavy atom. The molecule has 0 aliphatic heterocycles. The lowest BCUT2D eigenvalue weighted by Gasteiger charge is -2.50. The fraction of sp³-hybridized carbons (Fsp3) is 0.321. The molecule has 1 saturated carbocycles. The van der Waals surface area contributed by atoms with Gasteiger partial charge in [-0.05, 0) is 62.0 Å². The Kier molecular flexibility index (Phi) is 5.73. The molecule has 0 aromatic heterocycles. The second kappa shape index (κ2) is 8.57. The number of nitrogens with two attached hydrogens (primary N) is 1. The van der Waals surface area contributed by atoms with E-state index in [2.05, 4.69) is 0 Å². The molecule has 0 bridgehead atoms. The number of phenolic OH excluding ortho intramolecular Hbond substituents is 1. The van der Waals surface area contributed by atoms with Crippen molar-refractivity contribution < 1.29 is 34.8 Å². The Balaban J connectivity index is 1.69. The van der Waals surface area contributed by atoms with Crippen molar-refractivity contribution in [2.24, 2.45) is 17.6 Å². The third-order valence-corrected chi connectivity index (χ3v) is 7.94. The van der Waals surface area contributed by atoms with Gasteiger partial charge in [-0.3, -0.25) is 19.3 Å². The molecule has 2 aromatic rings. The maximum atomic E-state index is 13.9. The van der Waals surface area contributed by atoms with Gasteiger partial charge in [0.05, 0.1) is 11.6 Å². The highest BCUT2D eigenvalue weighted by atomic mass is 16.3. The lowest BCUT2D eigenvalue weighted by atomic mass is 9.57. The van der Waals surface area contributed by atoms with Crippen LogP contribution < -0.4 is 5.73 Å². The SMILES string of the molecule is CN(C)[C@H]1C(=O)C(C(N)=O)=C(O)[C@]2(O)C(=O)C3=C(O)c4c(O)ccc(Cc5ccccc5)c4C[C@@H]3C[C@H]12. The second-order valence-electron chi connectivity index (χ2n) is 10.2. The molecule has 1 amide bonds. The van der Waals surface area contributed by atoms with Crippen molar-refractivity contribution in [3.05, 3.63) is 81.6 Å². The van der Waals surface area contributed by atoms with Gasteiger partial charge in [-0.2, -0.15) is 0 Å². The normalized spacial score (nSPS) is 27.2. The summed E-state index contributed by atoms with van der Waals surface area (Å²) in [6.07, 6.45) is 0.863. The molecule has 0 heterocycles. The minimum atomic E-state index is -2.64. The molecule has 0 radical (unpaired) electrons. The molecule has 9 nitrogen and oxygen atoms in total. The highest BCUT2D eigenvalue weighted by Crippen LogP contribution is 2.53. The van der Waals surface area contributed by atoms with E-state index in [1.165, 1.54) is 11.0 Å². The number of Topliss-reactive ketones (excluding diaryl/α,β-unsaturated/α-hetero) is 2. The molecule has 3 aliphatic rings. The number of amides is 1. The Morgan fingerprint density at radius 2 is 1.76 bits per heavy atom. The largest absolute Gasteiger partial charge is 0.508 e. The van der Waals surface area contributed by atoms with Crippen molar-refractivity contribution in [3.63, 3.8) is 0 Å². The summed E-state index contributed by atoms with van der Waals surface area (Å²) in [5.74, 6) is -6.53. The summed E-state index contributed by atoms with van der Waals surface area (Å²) < 4.78 is 0. The zero-order valence-corrected chi connectivity index (χ0v) is 20.4. The van der Waals surface area contributed by atoms with Gasteiger partial charge in [-0.1, -0.05) is 36.4 Å². The van der Waals surface area contributed by atoms with Gasteiger partial charge in [0.15, 0.2) is 11.4 Å². The molecule has 3 aliphatic carbocycles. The van der Waals surface area contributed by atoms with E-state index in [0.717, 1.165) is 11.1 Å². The topological polar surface area (TPSA) is 161 Å². The maximum Gasteiger partial charge on any atom is 0.255 e. The Hall–Kier alpha value is -3.95. The zero-order valence-electron chi connectivity index (χ0n) is 20.4. The predicted molar refractivity (Wildman–Crippen MR) is 133 cm³/mol. The molecule has 192 valence electrons. The third kappa shape index (κ3) is 3.49. The Morgan fingerprint density at radius 3 is 2.38 bits per heavy atom. The highest BCUT2D eigenvalue weighted by Gasteiger charge is 2.64. The number of carbonyl (C=O) groups excluding carboxylic acids is 3. The summed E-state index contributed by atoms with van der Waals surface area (Å²) in [4.78, 5) is 40.6. The van der Waals surface area contributed by atoms with Crippen LogP contribution in [0, 0.1) is 11.8 Å². The van der Waals surface area contributed by atoms with Crippen LogP contribution in [0.2, 0.25) is 0 Å². The van der Waals surface area contributed by atoms with E-state index < -0.39 is 58.0 Å². The number of aromatic hydroxyl groups is 1. The summed E-state index contributed by atoms with van der Waals surface area (Å²) in [6, 6.07) is 11.8. The summed E-state index contributed by atoms with van der Waals surface area (Å²) in [5, 5.41) is 44.5. The number of hydrogen-bond donors (Lipinski definition) is 5. The van der Waals surface area contributed by atoms with Crippen molar-refractivity contribution in [2.75, 3.05) is 14.1 Å². The molecular weight excluding hydrogens is 476 g/mol. The first kappa shape index (κ1) is 24.7. The van der Waals surface area contributed by atoms with Crippen LogP contribution in [0.4, 0.5) is 0 Å². The smallest absolute Gasteiger partial charge is 0.255 e. The molecule has 37 heavy (non-hydrogen) atoms. The van der Waals surface area contributed by atoms with Gasteiger partial charge in [0.1, 0.15) is 22.8 Å². The zero-order chi connectivity index (χ0) is 26.8. The van der Waals surface area contributed by atoms with Crippen molar-refractivity contribution in [1.82, 2.24) is 4.90 Å². The van der Waals surface area contributed by atoms with E-state index in [4.69, 9.17) is 5.73 Å². The number of fused-ring (bicyclic) bond motifs is 3. The quantitative estimate of drug-likeness (QED) is 0.392. The third-order valence-electron chi connectivity index (χ3n) is 7.94. The van der Waals surface area contributed by atoms with Gasteiger partial charge >= 0.3 is 0 Å². The number of carbonyl (C=O) groups is 3. The second-order valence-corrected chi connectivity index (χ2v) is 10.2. The summed E-state index contributed by atoms with van der Waals surface area (Å²) in [6.45, 7) is 0. The number of primary amides is 1. The van der Waals surface area contributed by atoms with Crippen LogP contribution in [0.15, 0.2) is 59.4 Å². The van der Waals surface area contributed by atoms with Crippen molar-refractivity contribution in [1.29, 1.82) is 0 Å². The van der Waals surface area contributed by atoms with E-state index >= 15 is 0 Å². The van der Waals surface area contributed by atoms with Crippen LogP contribution in [-0.2, 0) is 27.2 Å². The first-order valence-corrected chi connectivity index (χ1v) is 12.0. The molecule has 9 heteroatoms. The van der Waals surface area contributed by atoms with Crippen LogP contribution in [0.25, 0.3) is 5.76 Å². The average molecular weight is 505 g/mol. The summed E-state index contributed by atoms with van der Waals surface area (Å²) in [7, 11) is 3.15. The molecule has 0 saturated heterocycles. The van der Waals surface area contributed by atoms with E-state index in [9.17, 15) is 34.8 Å². The number of hydrogen-bond acceptors (Lipinski definition) is 8. The number of phenols is 1. The van der Waals surface area contributed by atoms with Gasteiger partial charge in [0.2, 0.25) is 5.78 Å². The molecule has 5 rings (SSSR count). The number of likely N-dealkylation sites (N-methyl/N-ethyl adjacent to an activating group) is 1. The van der Waals surface area contributed by atoms with Gasteiger partial charge in [-0.25, -0.2) is 0 Å². The first-order valence-electron chi connectivity index (χ1n) is 12.0. The van der Waals surface area contributed by atoms with Gasteiger partial charge in [-0.15, -0.1) is 0 Å². The number of aliphatic hydroxyl groups is 3. The summed E-state index contributed by atoms with van der Waals surface area (Å²) >= 11 is 0. The van der Waals surface area contributed by atoms with Crippen molar-refractivity contribution in [2.45, 2.75) is 30.9 Å². The summed E-state index contributed by atoms with van der Waals surface area (Å²) in [5.41, 5.74) is 4.40. The van der Waals surface area contributed by atoms with Crippen molar-refractivity contribution in [3.8, 4) is 5.75 Å². The minimum Gasteiger partial charge on any atom is -0.508 e. The average Bonchev–Trinajstić information content (AvgIpc) is 2.83. The fourth-order valence-electron chi connectivity index (χ4n) is 6.29. The molecule has 0 unspecified atom stereocenters. The monoisotopic (exact) mass is 504 g/mol. The van der Waals surface area contributed by atoms with Crippen LogP contribution in [-0.4, -0.2) is 68.5 Å². The molecule has 6 N–H and O–H groups in total. The molecular formula is C28H28N2O7. The van der Waals surface area contributed by atoms with Gasteiger partial charge < -0.3 is 26.2 Å². The van der Waals surface area contributed by atoms with Gasteiger partial charge in [0, 0.05) is 11.5 Å². The number of ketones is 2. The molecule has 0 spiro atoms. The number of rotatable bonds is 4. The highest BCUT2D eigenvalue weighted by molar-refractivity contribution is 6.24. The number of benzene rings is 2. The van der Waals surface area contributed by atoms with Crippen LogP contribution in [0.5, 0.6) is 5.75 Å². The number of aliphatic hydroxyl groups excluding tert-OH is 2. The Bertz CT molecular complexity index is 1410. The molecule has 4 atom stereocenters. The minimum absolute atomic E-state index is 0.0617. The maximum absolute atomic E-state index is 13.9. The first-order chi connectivity index (χ1) is 17.5. The van der Waals surface area contributed by atoms with Gasteiger partial charge in [0.25, 0.3) is 5.91 Å². The van der Waals surface area contributed by atoms with Crippen LogP contribution in [0.1, 0.15) is 28.7 Å². The van der Waals surface area contributed by atoms with E-state index in [-0.39, 0.29) is 29.7 Å². The van der Waals surface area contributed by atoms with Crippen LogP contribution in [0.3, 0.4) is 0 Å². The van der Waals surface area contributed by atoms with Crippen LogP contribution >= 0.6 is 0 Å². The predicted octanol–water partition coefficient (Wildman–Crippen LogP) is 1.55. The van der Waals surface area contributed by atoms with E-state index in [0.29, 0.717) is 12.0 Å². The molecule has 1 fully saturated rings. The standard InChI is InChI=1S/C28H28N2O7/c1-30(2)22-17-12-15-11-16-14(10-13-6-4-3-5-7-13)8-9-18(31)20(16)23(32)19(15)25(34)28(17,37)26(35)21(24(22)33)27(29)36/h3-9,15,17,22,31-32,35,37H,10-12H2,1-2H3,(H2,29,36)/t15-,17-,22-,28-/m1/s1. The number of nitrogens with zero attached hydrogens (tertiary/aromatic N) is 1. The van der Waals surface area contributed by atoms with E-state index in [1.54, 1.807) is 20.2 Å². The fourth-order valence-corrected chi connectivity index (χ4v) is 6.29. The lowest BCUT2D eigenvalue weighted by Crippen LogP contribution is -2.65. The molecule has 2 aromatic carbocycles. The van der Waals surface area contributed by atoms with E-state index in [1.807, 2.05) is 30.3 Å². The Labute approximate surface area is 213 Å².